The third-order valence-corrected chi connectivity index (χ3v) is 2.88. The van der Waals surface area contributed by atoms with Crippen LogP contribution in [0, 0.1) is 0 Å². The first kappa shape index (κ1) is 14.3. The van der Waals surface area contributed by atoms with Crippen molar-refractivity contribution >= 4 is 30.1 Å². The largest absolute Gasteiger partial charge is 3.00 e. The van der Waals surface area contributed by atoms with E-state index in [0.29, 0.717) is 0 Å². The summed E-state index contributed by atoms with van der Waals surface area (Å²) in [5.74, 6) is 0. The van der Waals surface area contributed by atoms with Crippen molar-refractivity contribution in [3.05, 3.63) is 66.2 Å². The first-order valence-corrected chi connectivity index (χ1v) is 5.61. The van der Waals surface area contributed by atoms with Crippen molar-refractivity contribution in [2.75, 3.05) is 14.1 Å². The van der Waals surface area contributed by atoms with Crippen LogP contribution in [0.1, 0.15) is 5.56 Å². The fourth-order valence-corrected chi connectivity index (χ4v) is 1.96. The molecule has 2 heteroatoms. The predicted octanol–water partition coefficient (Wildman–Crippen LogP) is 3.07. The van der Waals surface area contributed by atoms with Gasteiger partial charge in [-0.3, -0.25) is 4.48 Å². The second-order valence-electron chi connectivity index (χ2n) is 4.66. The third-order valence-electron chi connectivity index (χ3n) is 2.88. The maximum atomic E-state index is 2.24. The van der Waals surface area contributed by atoms with E-state index in [2.05, 4.69) is 74.8 Å². The van der Waals surface area contributed by atoms with Crippen molar-refractivity contribution in [2.24, 2.45) is 0 Å². The van der Waals surface area contributed by atoms with Crippen molar-refractivity contribution in [1.82, 2.24) is 4.48 Å². The molecule has 0 atom stereocenters. The van der Waals surface area contributed by atoms with Crippen LogP contribution in [0.15, 0.2) is 60.7 Å². The Bertz CT molecular complexity index is 437. The van der Waals surface area contributed by atoms with Gasteiger partial charge in [0.05, 0.1) is 14.1 Å². The van der Waals surface area contributed by atoms with Crippen LogP contribution in [0.2, 0.25) is 0 Å². The van der Waals surface area contributed by atoms with Crippen LogP contribution in [0.3, 0.4) is 0 Å². The summed E-state index contributed by atoms with van der Waals surface area (Å²) in [6.45, 7) is 1.02. The van der Waals surface area contributed by atoms with Gasteiger partial charge in [-0.2, -0.15) is 0 Å². The standard InChI is InChI=1S/C15H18N.Sb/c1-16(2,15-11-7-4-8-12-15)13-14-9-5-3-6-10-14;/h3-12H,13H2,1-2H3;/q+1;+3. The van der Waals surface area contributed by atoms with Crippen LogP contribution in [0.25, 0.3) is 0 Å². The molecule has 0 aliphatic rings. The van der Waals surface area contributed by atoms with Gasteiger partial charge in [-0.1, -0.05) is 48.5 Å². The molecule has 0 heterocycles. The molecule has 0 aliphatic carbocycles. The molecule has 0 saturated carbocycles. The zero-order chi connectivity index (χ0) is 11.4. The number of benzene rings is 2. The SMILES string of the molecule is C[N+](C)(Cc1ccccc1)c1ccccc1.[Sb+3]. The molecular weight excluding hydrogens is 316 g/mol. The molecule has 0 amide bonds. The van der Waals surface area contributed by atoms with Crippen molar-refractivity contribution in [2.45, 2.75) is 6.54 Å². The minimum Gasteiger partial charge on any atom is -0.292 e. The van der Waals surface area contributed by atoms with E-state index in [4.69, 9.17) is 0 Å². The summed E-state index contributed by atoms with van der Waals surface area (Å²) in [7, 11) is 4.48. The zero-order valence-corrected chi connectivity index (χ0v) is 12.9. The number of para-hydroxylation sites is 1. The monoisotopic (exact) mass is 333 g/mol. The van der Waals surface area contributed by atoms with E-state index in [1.807, 2.05) is 0 Å². The quantitative estimate of drug-likeness (QED) is 0.598. The first-order chi connectivity index (χ1) is 7.68. The van der Waals surface area contributed by atoms with Crippen LogP contribution in [0.4, 0.5) is 5.69 Å². The summed E-state index contributed by atoms with van der Waals surface area (Å²) in [4.78, 5) is 0. The maximum absolute atomic E-state index is 2.24. The summed E-state index contributed by atoms with van der Waals surface area (Å²) >= 11 is 0. The minimum atomic E-state index is 0. The van der Waals surface area contributed by atoms with Gasteiger partial charge in [-0.05, 0) is 12.1 Å². The Hall–Kier alpha value is -0.782. The minimum absolute atomic E-state index is 0. The van der Waals surface area contributed by atoms with Crippen molar-refractivity contribution in [1.29, 1.82) is 0 Å². The molecule has 0 aromatic heterocycles. The Morgan fingerprint density at radius 1 is 0.765 bits per heavy atom. The van der Waals surface area contributed by atoms with E-state index < -0.39 is 0 Å². The van der Waals surface area contributed by atoms with Gasteiger partial charge in [0.1, 0.15) is 12.2 Å². The van der Waals surface area contributed by atoms with Gasteiger partial charge in [0.2, 0.25) is 0 Å². The molecule has 2 aromatic rings. The van der Waals surface area contributed by atoms with Crippen LogP contribution < -0.4 is 4.48 Å². The molecular formula is C15H18NSb+4. The molecule has 0 fully saturated rings. The van der Waals surface area contributed by atoms with Gasteiger partial charge in [0.15, 0.2) is 0 Å². The summed E-state index contributed by atoms with van der Waals surface area (Å²) in [5.41, 5.74) is 2.71. The van der Waals surface area contributed by atoms with Crippen molar-refractivity contribution < 1.29 is 0 Å². The topological polar surface area (TPSA) is 0 Å². The summed E-state index contributed by atoms with van der Waals surface area (Å²) < 4.78 is 0.880. The van der Waals surface area contributed by atoms with Gasteiger partial charge < -0.3 is 0 Å². The predicted molar refractivity (Wildman–Crippen MR) is 76.0 cm³/mol. The normalized spacial score (nSPS) is 10.7. The van der Waals surface area contributed by atoms with E-state index in [1.54, 1.807) is 0 Å². The van der Waals surface area contributed by atoms with Crippen LogP contribution in [-0.2, 0) is 6.54 Å². The van der Waals surface area contributed by atoms with E-state index in [1.165, 1.54) is 11.3 Å². The fraction of sp³-hybridized carbons (Fsp3) is 0.200. The second kappa shape index (κ2) is 6.23. The zero-order valence-electron chi connectivity index (χ0n) is 10.4. The molecule has 2 rings (SSSR count). The van der Waals surface area contributed by atoms with E-state index in [-0.39, 0.29) is 24.4 Å². The molecule has 0 saturated heterocycles. The molecule has 84 valence electrons. The van der Waals surface area contributed by atoms with Crippen molar-refractivity contribution in [3.8, 4) is 0 Å². The number of hydrogen-bond acceptors (Lipinski definition) is 0. The molecule has 0 spiro atoms. The summed E-state index contributed by atoms with van der Waals surface area (Å²) in [6, 6.07) is 21.2. The molecule has 0 unspecified atom stereocenters. The average molecular weight is 334 g/mol. The number of nitrogens with zero attached hydrogens (tertiary/aromatic N) is 1. The Kier molecular flexibility index (Phi) is 5.23. The molecule has 0 aliphatic heterocycles. The summed E-state index contributed by atoms with van der Waals surface area (Å²) in [5, 5.41) is 0. The van der Waals surface area contributed by atoms with Gasteiger partial charge >= 0.3 is 24.4 Å². The number of rotatable bonds is 3. The van der Waals surface area contributed by atoms with Gasteiger partial charge in [-0.15, -0.1) is 0 Å². The smallest absolute Gasteiger partial charge is 0.292 e. The first-order valence-electron chi connectivity index (χ1n) is 5.61. The molecule has 17 heavy (non-hydrogen) atoms. The summed E-state index contributed by atoms with van der Waals surface area (Å²) in [6.07, 6.45) is 0. The van der Waals surface area contributed by atoms with E-state index in [0.717, 1.165) is 11.0 Å². The maximum Gasteiger partial charge on any atom is 3.00 e. The number of quaternary nitrogens is 1. The Balaban J connectivity index is 0.00000144. The van der Waals surface area contributed by atoms with Gasteiger partial charge in [0.25, 0.3) is 0 Å². The third kappa shape index (κ3) is 3.87. The molecule has 0 bridgehead atoms. The fourth-order valence-electron chi connectivity index (χ4n) is 1.96. The van der Waals surface area contributed by atoms with E-state index in [9.17, 15) is 0 Å². The van der Waals surface area contributed by atoms with Crippen LogP contribution in [0.5, 0.6) is 0 Å². The molecule has 2 radical (unpaired) electrons. The van der Waals surface area contributed by atoms with Crippen LogP contribution in [-0.4, -0.2) is 38.5 Å². The van der Waals surface area contributed by atoms with Crippen molar-refractivity contribution in [3.63, 3.8) is 0 Å². The molecule has 0 N–H and O–H groups in total. The molecule has 1 nitrogen and oxygen atoms in total. The number of hydrogen-bond donors (Lipinski definition) is 0. The van der Waals surface area contributed by atoms with Gasteiger partial charge in [-0.25, -0.2) is 0 Å². The molecule has 2 aromatic carbocycles. The van der Waals surface area contributed by atoms with Crippen LogP contribution >= 0.6 is 0 Å². The Labute approximate surface area is 121 Å². The van der Waals surface area contributed by atoms with E-state index >= 15 is 0 Å². The Morgan fingerprint density at radius 3 is 1.76 bits per heavy atom. The second-order valence-corrected chi connectivity index (χ2v) is 4.66. The Morgan fingerprint density at radius 2 is 1.24 bits per heavy atom. The average Bonchev–Trinajstić information content (AvgIpc) is 2.31. The van der Waals surface area contributed by atoms with Gasteiger partial charge in [0, 0.05) is 5.56 Å².